The SMILES string of the molecule is Cc1[nH]ncc1N(C1CCCN(C)C1)S(N)(=O)=O. The minimum atomic E-state index is -3.79. The van der Waals surface area contributed by atoms with Gasteiger partial charge in [0.15, 0.2) is 0 Å². The van der Waals surface area contributed by atoms with Crippen LogP contribution in [0, 0.1) is 6.92 Å². The predicted molar refractivity (Wildman–Crippen MR) is 69.4 cm³/mol. The van der Waals surface area contributed by atoms with Crippen molar-refractivity contribution < 1.29 is 8.42 Å². The van der Waals surface area contributed by atoms with E-state index in [9.17, 15) is 8.42 Å². The Morgan fingerprint density at radius 1 is 1.61 bits per heavy atom. The van der Waals surface area contributed by atoms with Crippen molar-refractivity contribution in [3.8, 4) is 0 Å². The molecule has 1 aromatic rings. The van der Waals surface area contributed by atoms with Crippen LogP contribution in [0.4, 0.5) is 5.69 Å². The van der Waals surface area contributed by atoms with E-state index >= 15 is 0 Å². The highest BCUT2D eigenvalue weighted by Crippen LogP contribution is 2.26. The molecule has 0 saturated carbocycles. The van der Waals surface area contributed by atoms with Crippen LogP contribution in [0.15, 0.2) is 6.20 Å². The van der Waals surface area contributed by atoms with Crippen molar-refractivity contribution in [3.05, 3.63) is 11.9 Å². The van der Waals surface area contributed by atoms with E-state index in [4.69, 9.17) is 5.14 Å². The molecule has 2 heterocycles. The minimum absolute atomic E-state index is 0.130. The number of nitrogens with two attached hydrogens (primary N) is 1. The van der Waals surface area contributed by atoms with Crippen LogP contribution in [-0.4, -0.2) is 49.7 Å². The molecule has 3 N–H and O–H groups in total. The number of anilines is 1. The van der Waals surface area contributed by atoms with Crippen molar-refractivity contribution >= 4 is 15.9 Å². The summed E-state index contributed by atoms with van der Waals surface area (Å²) in [6.07, 6.45) is 3.28. The van der Waals surface area contributed by atoms with Gasteiger partial charge in [-0.05, 0) is 33.4 Å². The molecule has 1 aliphatic heterocycles. The van der Waals surface area contributed by atoms with E-state index in [0.717, 1.165) is 19.4 Å². The maximum atomic E-state index is 11.8. The fourth-order valence-electron chi connectivity index (χ4n) is 2.44. The average molecular weight is 273 g/mol. The topological polar surface area (TPSA) is 95.3 Å². The first kappa shape index (κ1) is 13.3. The zero-order chi connectivity index (χ0) is 13.3. The number of nitrogens with one attached hydrogen (secondary N) is 1. The number of likely N-dealkylation sites (N-methyl/N-ethyl adjacent to an activating group) is 1. The first-order valence-electron chi connectivity index (χ1n) is 5.90. The van der Waals surface area contributed by atoms with Crippen molar-refractivity contribution in [2.75, 3.05) is 24.4 Å². The van der Waals surface area contributed by atoms with Gasteiger partial charge in [0.05, 0.1) is 23.6 Å². The van der Waals surface area contributed by atoms with Gasteiger partial charge < -0.3 is 4.90 Å². The van der Waals surface area contributed by atoms with E-state index in [1.54, 1.807) is 6.92 Å². The molecule has 8 heteroatoms. The van der Waals surface area contributed by atoms with Gasteiger partial charge in [0.2, 0.25) is 0 Å². The summed E-state index contributed by atoms with van der Waals surface area (Å²) in [6, 6.07) is -0.130. The monoisotopic (exact) mass is 273 g/mol. The van der Waals surface area contributed by atoms with Crippen molar-refractivity contribution in [2.45, 2.75) is 25.8 Å². The number of aryl methyl sites for hydroxylation is 1. The fourth-order valence-corrected chi connectivity index (χ4v) is 3.48. The molecule has 1 saturated heterocycles. The third-order valence-corrected chi connectivity index (χ3v) is 4.29. The Hall–Kier alpha value is -1.12. The number of rotatable bonds is 3. The Morgan fingerprint density at radius 2 is 2.33 bits per heavy atom. The molecule has 7 nitrogen and oxygen atoms in total. The van der Waals surface area contributed by atoms with Gasteiger partial charge >= 0.3 is 0 Å². The van der Waals surface area contributed by atoms with E-state index in [0.29, 0.717) is 17.9 Å². The molecule has 1 atom stereocenters. The second kappa shape index (κ2) is 4.87. The van der Waals surface area contributed by atoms with Gasteiger partial charge in [-0.3, -0.25) is 9.40 Å². The molecule has 0 amide bonds. The van der Waals surface area contributed by atoms with E-state index in [1.807, 2.05) is 7.05 Å². The fraction of sp³-hybridized carbons (Fsp3) is 0.700. The third kappa shape index (κ3) is 2.65. The Morgan fingerprint density at radius 3 is 2.83 bits per heavy atom. The zero-order valence-electron chi connectivity index (χ0n) is 10.6. The molecule has 18 heavy (non-hydrogen) atoms. The highest BCUT2D eigenvalue weighted by atomic mass is 32.2. The maximum absolute atomic E-state index is 11.8. The smallest absolute Gasteiger partial charge is 0.299 e. The Bertz CT molecular complexity index is 512. The normalized spacial score (nSPS) is 22.1. The molecule has 0 aromatic carbocycles. The second-order valence-corrected chi connectivity index (χ2v) is 6.20. The number of nitrogens with zero attached hydrogens (tertiary/aromatic N) is 3. The summed E-state index contributed by atoms with van der Waals surface area (Å²) >= 11 is 0. The maximum Gasteiger partial charge on any atom is 0.299 e. The largest absolute Gasteiger partial charge is 0.304 e. The summed E-state index contributed by atoms with van der Waals surface area (Å²) in [5, 5.41) is 12.0. The molecule has 0 bridgehead atoms. The van der Waals surface area contributed by atoms with E-state index in [2.05, 4.69) is 15.1 Å². The van der Waals surface area contributed by atoms with Crippen molar-refractivity contribution in [1.82, 2.24) is 15.1 Å². The third-order valence-electron chi connectivity index (χ3n) is 3.25. The Balaban J connectivity index is 2.35. The van der Waals surface area contributed by atoms with Crippen molar-refractivity contribution in [1.29, 1.82) is 0 Å². The van der Waals surface area contributed by atoms with Crippen LogP contribution >= 0.6 is 0 Å². The summed E-state index contributed by atoms with van der Waals surface area (Å²) in [6.45, 7) is 3.45. The molecule has 102 valence electrons. The lowest BCUT2D eigenvalue weighted by Gasteiger charge is -2.37. The summed E-state index contributed by atoms with van der Waals surface area (Å²) in [5.74, 6) is 0. The lowest BCUT2D eigenvalue weighted by atomic mass is 10.1. The van der Waals surface area contributed by atoms with E-state index < -0.39 is 10.2 Å². The van der Waals surface area contributed by atoms with Gasteiger partial charge in [0.25, 0.3) is 10.2 Å². The number of aromatic amines is 1. The summed E-state index contributed by atoms with van der Waals surface area (Å²) in [4.78, 5) is 2.11. The second-order valence-electron chi connectivity index (χ2n) is 4.78. The van der Waals surface area contributed by atoms with Crippen molar-refractivity contribution in [3.63, 3.8) is 0 Å². The van der Waals surface area contributed by atoms with Gasteiger partial charge in [0, 0.05) is 6.54 Å². The number of hydrogen-bond donors (Lipinski definition) is 2. The van der Waals surface area contributed by atoms with Crippen LogP contribution in [0.3, 0.4) is 0 Å². The number of piperidine rings is 1. The molecular formula is C10H19N5O2S. The van der Waals surface area contributed by atoms with Crippen LogP contribution < -0.4 is 9.44 Å². The van der Waals surface area contributed by atoms with Crippen LogP contribution in [0.5, 0.6) is 0 Å². The molecule has 0 aliphatic carbocycles. The molecule has 2 rings (SSSR count). The molecule has 1 aliphatic rings. The van der Waals surface area contributed by atoms with Crippen LogP contribution in [-0.2, 0) is 10.2 Å². The summed E-state index contributed by atoms with van der Waals surface area (Å²) in [5.41, 5.74) is 1.25. The molecule has 0 spiro atoms. The van der Waals surface area contributed by atoms with Gasteiger partial charge in [-0.1, -0.05) is 0 Å². The van der Waals surface area contributed by atoms with Crippen LogP contribution in [0.25, 0.3) is 0 Å². The summed E-state index contributed by atoms with van der Waals surface area (Å²) < 4.78 is 25.0. The zero-order valence-corrected chi connectivity index (χ0v) is 11.4. The quantitative estimate of drug-likeness (QED) is 0.798. The molecule has 1 aromatic heterocycles. The Kier molecular flexibility index (Phi) is 3.60. The van der Waals surface area contributed by atoms with E-state index in [1.165, 1.54) is 10.5 Å². The van der Waals surface area contributed by atoms with Gasteiger partial charge in [-0.15, -0.1) is 0 Å². The van der Waals surface area contributed by atoms with Crippen LogP contribution in [0.2, 0.25) is 0 Å². The van der Waals surface area contributed by atoms with Gasteiger partial charge in [-0.2, -0.15) is 13.5 Å². The van der Waals surface area contributed by atoms with Crippen LogP contribution in [0.1, 0.15) is 18.5 Å². The minimum Gasteiger partial charge on any atom is -0.304 e. The number of H-pyrrole nitrogens is 1. The number of aromatic nitrogens is 2. The standard InChI is InChI=1S/C10H19N5O2S/c1-8-10(6-12-13-8)15(18(11,16)17)9-4-3-5-14(2)7-9/h6,9H,3-5,7H2,1-2H3,(H,12,13)(H2,11,16,17). The van der Waals surface area contributed by atoms with Gasteiger partial charge in [-0.25, -0.2) is 5.14 Å². The molecule has 1 unspecified atom stereocenters. The molecule has 1 fully saturated rings. The van der Waals surface area contributed by atoms with Gasteiger partial charge in [0.1, 0.15) is 0 Å². The lowest BCUT2D eigenvalue weighted by Crippen LogP contribution is -2.51. The lowest BCUT2D eigenvalue weighted by molar-refractivity contribution is 0.253. The number of hydrogen-bond acceptors (Lipinski definition) is 4. The van der Waals surface area contributed by atoms with Crippen molar-refractivity contribution in [2.24, 2.45) is 5.14 Å². The molecular weight excluding hydrogens is 254 g/mol. The molecule has 0 radical (unpaired) electrons. The van der Waals surface area contributed by atoms with E-state index in [-0.39, 0.29) is 6.04 Å². The predicted octanol–water partition coefficient (Wildman–Crippen LogP) is -0.178. The highest BCUT2D eigenvalue weighted by molar-refractivity contribution is 7.90. The first-order valence-corrected chi connectivity index (χ1v) is 7.40. The average Bonchev–Trinajstić information content (AvgIpc) is 2.63. The Labute approximate surface area is 107 Å². The number of likely N-dealkylation sites (tertiary alicyclic amines) is 1. The first-order chi connectivity index (χ1) is 8.39. The summed E-state index contributed by atoms with van der Waals surface area (Å²) in [7, 11) is -1.80. The highest BCUT2D eigenvalue weighted by Gasteiger charge is 2.32.